The minimum absolute atomic E-state index is 0.280. The molecule has 0 spiro atoms. The number of carboxylic acid groups (broad SMARTS) is 1. The Labute approximate surface area is 101 Å². The summed E-state index contributed by atoms with van der Waals surface area (Å²) in [6, 6.07) is 7.35. The number of nitrogens with zero attached hydrogens (tertiary/aromatic N) is 1. The molecule has 0 unspecified atom stereocenters. The summed E-state index contributed by atoms with van der Waals surface area (Å²) in [7, 11) is 0. The van der Waals surface area contributed by atoms with Crippen molar-refractivity contribution in [3.63, 3.8) is 0 Å². The van der Waals surface area contributed by atoms with Crippen LogP contribution in [0.3, 0.4) is 0 Å². The van der Waals surface area contributed by atoms with Crippen molar-refractivity contribution in [1.82, 2.24) is 4.90 Å². The van der Waals surface area contributed by atoms with Crippen LogP contribution < -0.4 is 5.73 Å². The van der Waals surface area contributed by atoms with Crippen molar-refractivity contribution >= 4 is 5.97 Å². The van der Waals surface area contributed by atoms with Gasteiger partial charge in [-0.2, -0.15) is 0 Å². The number of hydrogen-bond donors (Lipinski definition) is 2. The largest absolute Gasteiger partial charge is 0.478 e. The predicted octanol–water partition coefficient (Wildman–Crippen LogP) is 1.31. The normalized spacial score (nSPS) is 21.4. The lowest BCUT2D eigenvalue weighted by Crippen LogP contribution is -2.42. The Morgan fingerprint density at radius 1 is 1.41 bits per heavy atom. The van der Waals surface area contributed by atoms with Crippen LogP contribution in [0.2, 0.25) is 0 Å². The topological polar surface area (TPSA) is 66.6 Å². The average Bonchev–Trinajstić information content (AvgIpc) is 2.29. The van der Waals surface area contributed by atoms with E-state index in [-0.39, 0.29) is 6.04 Å². The molecule has 1 saturated heterocycles. The van der Waals surface area contributed by atoms with Gasteiger partial charge < -0.3 is 10.8 Å². The third kappa shape index (κ3) is 3.28. The summed E-state index contributed by atoms with van der Waals surface area (Å²) >= 11 is 0. The van der Waals surface area contributed by atoms with Gasteiger partial charge in [-0.25, -0.2) is 4.79 Å². The first-order chi connectivity index (χ1) is 8.15. The Bertz CT molecular complexity index is 389. The first kappa shape index (κ1) is 12.1. The zero-order chi connectivity index (χ0) is 12.3. The molecule has 1 aliphatic rings. The fourth-order valence-corrected chi connectivity index (χ4v) is 2.25. The SMILES string of the molecule is N[C@@H]1CCCN(Cc2ccc(C(=O)O)cc2)C1. The summed E-state index contributed by atoms with van der Waals surface area (Å²) < 4.78 is 0. The number of benzene rings is 1. The third-order valence-electron chi connectivity index (χ3n) is 3.15. The van der Waals surface area contributed by atoms with Crippen LogP contribution >= 0.6 is 0 Å². The van der Waals surface area contributed by atoms with Gasteiger partial charge in [0.05, 0.1) is 5.56 Å². The third-order valence-corrected chi connectivity index (χ3v) is 3.15. The van der Waals surface area contributed by atoms with Crippen LogP contribution in [0.1, 0.15) is 28.8 Å². The van der Waals surface area contributed by atoms with Gasteiger partial charge in [-0.15, -0.1) is 0 Å². The fourth-order valence-electron chi connectivity index (χ4n) is 2.25. The minimum atomic E-state index is -0.878. The van der Waals surface area contributed by atoms with Gasteiger partial charge in [0.1, 0.15) is 0 Å². The first-order valence-corrected chi connectivity index (χ1v) is 5.95. The molecule has 1 aromatic carbocycles. The Hall–Kier alpha value is -1.39. The highest BCUT2D eigenvalue weighted by Crippen LogP contribution is 2.13. The van der Waals surface area contributed by atoms with Gasteiger partial charge >= 0.3 is 5.97 Å². The van der Waals surface area contributed by atoms with Crippen molar-refractivity contribution in [1.29, 1.82) is 0 Å². The molecule has 0 aromatic heterocycles. The standard InChI is InChI=1S/C13H18N2O2/c14-12-2-1-7-15(9-12)8-10-3-5-11(6-4-10)13(16)17/h3-6,12H,1-2,7-9,14H2,(H,16,17)/t12-/m1/s1. The molecule has 1 fully saturated rings. The molecule has 1 aromatic rings. The molecule has 3 N–H and O–H groups in total. The van der Waals surface area contributed by atoms with Crippen molar-refractivity contribution in [2.45, 2.75) is 25.4 Å². The lowest BCUT2D eigenvalue weighted by molar-refractivity contribution is 0.0697. The molecular formula is C13H18N2O2. The minimum Gasteiger partial charge on any atom is -0.478 e. The molecule has 1 atom stereocenters. The average molecular weight is 234 g/mol. The van der Waals surface area contributed by atoms with Crippen molar-refractivity contribution < 1.29 is 9.90 Å². The number of hydrogen-bond acceptors (Lipinski definition) is 3. The summed E-state index contributed by atoms with van der Waals surface area (Å²) in [6.07, 6.45) is 2.25. The van der Waals surface area contributed by atoms with Gasteiger partial charge in [0.15, 0.2) is 0 Å². The van der Waals surface area contributed by atoms with Crippen LogP contribution in [0.25, 0.3) is 0 Å². The number of aromatic carboxylic acids is 1. The second-order valence-electron chi connectivity index (χ2n) is 4.64. The Kier molecular flexibility index (Phi) is 3.76. The molecule has 0 amide bonds. The highest BCUT2D eigenvalue weighted by Gasteiger charge is 2.16. The highest BCUT2D eigenvalue weighted by molar-refractivity contribution is 5.87. The van der Waals surface area contributed by atoms with Gasteiger partial charge in [0.25, 0.3) is 0 Å². The van der Waals surface area contributed by atoms with Crippen LogP contribution in [-0.2, 0) is 6.54 Å². The predicted molar refractivity (Wildman–Crippen MR) is 65.9 cm³/mol. The quantitative estimate of drug-likeness (QED) is 0.827. The first-order valence-electron chi connectivity index (χ1n) is 5.95. The van der Waals surface area contributed by atoms with Crippen LogP contribution in [-0.4, -0.2) is 35.1 Å². The molecular weight excluding hydrogens is 216 g/mol. The number of carboxylic acids is 1. The van der Waals surface area contributed by atoms with Crippen molar-refractivity contribution in [3.8, 4) is 0 Å². The monoisotopic (exact) mass is 234 g/mol. The summed E-state index contributed by atoms with van der Waals surface area (Å²) in [5.41, 5.74) is 7.40. The van der Waals surface area contributed by atoms with Gasteiger partial charge in [0.2, 0.25) is 0 Å². The molecule has 4 nitrogen and oxygen atoms in total. The lowest BCUT2D eigenvalue weighted by atomic mass is 10.1. The zero-order valence-electron chi connectivity index (χ0n) is 9.80. The Morgan fingerprint density at radius 2 is 2.12 bits per heavy atom. The van der Waals surface area contributed by atoms with Gasteiger partial charge in [-0.1, -0.05) is 12.1 Å². The molecule has 17 heavy (non-hydrogen) atoms. The van der Waals surface area contributed by atoms with E-state index < -0.39 is 5.97 Å². The maximum atomic E-state index is 10.7. The van der Waals surface area contributed by atoms with E-state index in [1.807, 2.05) is 12.1 Å². The van der Waals surface area contributed by atoms with E-state index in [0.29, 0.717) is 5.56 Å². The van der Waals surface area contributed by atoms with E-state index in [1.165, 1.54) is 0 Å². The summed E-state index contributed by atoms with van der Waals surface area (Å²) in [4.78, 5) is 13.0. The van der Waals surface area contributed by atoms with E-state index in [0.717, 1.165) is 38.0 Å². The maximum absolute atomic E-state index is 10.7. The fraction of sp³-hybridized carbons (Fsp3) is 0.462. The number of nitrogens with two attached hydrogens (primary N) is 1. The molecule has 1 aliphatic heterocycles. The van der Waals surface area contributed by atoms with E-state index in [9.17, 15) is 4.79 Å². The second-order valence-corrected chi connectivity index (χ2v) is 4.64. The zero-order valence-corrected chi connectivity index (χ0v) is 9.80. The summed E-state index contributed by atoms with van der Waals surface area (Å²) in [5, 5.41) is 8.80. The molecule has 2 rings (SSSR count). The summed E-state index contributed by atoms with van der Waals surface area (Å²) in [5.74, 6) is -0.878. The van der Waals surface area contributed by atoms with E-state index in [1.54, 1.807) is 12.1 Å². The number of likely N-dealkylation sites (tertiary alicyclic amines) is 1. The smallest absolute Gasteiger partial charge is 0.335 e. The Balaban J connectivity index is 1.96. The van der Waals surface area contributed by atoms with Crippen molar-refractivity contribution in [2.24, 2.45) is 5.73 Å². The molecule has 1 heterocycles. The second kappa shape index (κ2) is 5.29. The van der Waals surface area contributed by atoms with Crippen molar-refractivity contribution in [3.05, 3.63) is 35.4 Å². The molecule has 0 aliphatic carbocycles. The molecule has 0 saturated carbocycles. The highest BCUT2D eigenvalue weighted by atomic mass is 16.4. The summed E-state index contributed by atoms with van der Waals surface area (Å²) in [6.45, 7) is 2.86. The lowest BCUT2D eigenvalue weighted by Gasteiger charge is -2.30. The molecule has 92 valence electrons. The maximum Gasteiger partial charge on any atom is 0.335 e. The number of rotatable bonds is 3. The van der Waals surface area contributed by atoms with E-state index in [2.05, 4.69) is 4.90 Å². The van der Waals surface area contributed by atoms with Gasteiger partial charge in [0, 0.05) is 19.1 Å². The molecule has 0 radical (unpaired) electrons. The van der Waals surface area contributed by atoms with E-state index >= 15 is 0 Å². The van der Waals surface area contributed by atoms with E-state index in [4.69, 9.17) is 10.8 Å². The van der Waals surface area contributed by atoms with Gasteiger partial charge in [-0.3, -0.25) is 4.90 Å². The number of carbonyl (C=O) groups is 1. The van der Waals surface area contributed by atoms with Crippen LogP contribution in [0.5, 0.6) is 0 Å². The van der Waals surface area contributed by atoms with Crippen LogP contribution in [0.15, 0.2) is 24.3 Å². The Morgan fingerprint density at radius 3 is 2.71 bits per heavy atom. The van der Waals surface area contributed by atoms with Gasteiger partial charge in [-0.05, 0) is 37.1 Å². The van der Waals surface area contributed by atoms with Crippen molar-refractivity contribution in [2.75, 3.05) is 13.1 Å². The molecule has 0 bridgehead atoms. The number of piperidine rings is 1. The van der Waals surface area contributed by atoms with Crippen LogP contribution in [0, 0.1) is 0 Å². The molecule has 4 heteroatoms. The van der Waals surface area contributed by atoms with Crippen LogP contribution in [0.4, 0.5) is 0 Å².